The Bertz CT molecular complexity index is 479. The molecule has 1 aliphatic heterocycles. The average molecular weight is 305 g/mol. The minimum absolute atomic E-state index is 0.0737. The second-order valence-corrected chi connectivity index (χ2v) is 5.88. The van der Waals surface area contributed by atoms with Crippen LogP contribution in [0.25, 0.3) is 0 Å². The second-order valence-electron chi connectivity index (χ2n) is 5.88. The Morgan fingerprint density at radius 3 is 3.09 bits per heavy atom. The fraction of sp³-hybridized carbons (Fsp3) is 0.588. The molecule has 2 rings (SSSR count). The van der Waals surface area contributed by atoms with Gasteiger partial charge in [-0.25, -0.2) is 0 Å². The number of benzene rings is 1. The van der Waals surface area contributed by atoms with E-state index in [0.717, 1.165) is 25.3 Å². The maximum absolute atomic E-state index is 11.9. The van der Waals surface area contributed by atoms with Crippen LogP contribution in [0.2, 0.25) is 0 Å². The van der Waals surface area contributed by atoms with Gasteiger partial charge in [0, 0.05) is 12.6 Å². The van der Waals surface area contributed by atoms with Crippen LogP contribution in [0.15, 0.2) is 24.3 Å². The molecule has 1 heterocycles. The molecule has 0 bridgehead atoms. The van der Waals surface area contributed by atoms with Gasteiger partial charge in [-0.05, 0) is 51.1 Å². The van der Waals surface area contributed by atoms with Gasteiger partial charge in [-0.15, -0.1) is 0 Å². The summed E-state index contributed by atoms with van der Waals surface area (Å²) in [5.74, 6) is 0.923. The molecule has 5 nitrogen and oxygen atoms in total. The minimum atomic E-state index is 0.0737. The van der Waals surface area contributed by atoms with Crippen LogP contribution in [0, 0.1) is 6.92 Å². The Morgan fingerprint density at radius 2 is 2.32 bits per heavy atom. The maximum Gasteiger partial charge on any atom is 0.234 e. The molecule has 0 aliphatic carbocycles. The van der Waals surface area contributed by atoms with Crippen molar-refractivity contribution in [2.24, 2.45) is 0 Å². The molecule has 0 spiro atoms. The Hall–Kier alpha value is -1.59. The summed E-state index contributed by atoms with van der Waals surface area (Å²) in [5, 5.41) is 6.21. The molecule has 1 saturated heterocycles. The van der Waals surface area contributed by atoms with Crippen molar-refractivity contribution in [1.29, 1.82) is 0 Å². The number of rotatable bonds is 7. The van der Waals surface area contributed by atoms with Crippen LogP contribution < -0.4 is 15.4 Å². The third-order valence-corrected chi connectivity index (χ3v) is 3.96. The molecule has 1 unspecified atom stereocenters. The zero-order chi connectivity index (χ0) is 15.8. The van der Waals surface area contributed by atoms with Crippen LogP contribution in [-0.4, -0.2) is 56.7 Å². The molecule has 0 aromatic heterocycles. The van der Waals surface area contributed by atoms with Crippen LogP contribution in [0.5, 0.6) is 5.75 Å². The summed E-state index contributed by atoms with van der Waals surface area (Å²) in [6.45, 7) is 5.49. The largest absolute Gasteiger partial charge is 0.492 e. The number of nitrogens with zero attached hydrogens (tertiary/aromatic N) is 1. The summed E-state index contributed by atoms with van der Waals surface area (Å²) in [6.07, 6.45) is 2.34. The molecular weight excluding hydrogens is 278 g/mol. The number of amides is 1. The first-order valence-corrected chi connectivity index (χ1v) is 8.03. The minimum Gasteiger partial charge on any atom is -0.492 e. The predicted molar refractivity (Wildman–Crippen MR) is 88.2 cm³/mol. The lowest BCUT2D eigenvalue weighted by Crippen LogP contribution is -2.48. The van der Waals surface area contributed by atoms with Gasteiger partial charge >= 0.3 is 0 Å². The first-order chi connectivity index (χ1) is 10.7. The highest BCUT2D eigenvalue weighted by Crippen LogP contribution is 2.12. The fourth-order valence-electron chi connectivity index (χ4n) is 2.76. The first kappa shape index (κ1) is 16.8. The van der Waals surface area contributed by atoms with Gasteiger partial charge < -0.3 is 15.4 Å². The smallest absolute Gasteiger partial charge is 0.234 e. The fourth-order valence-corrected chi connectivity index (χ4v) is 2.76. The molecular formula is C17H27N3O2. The molecule has 22 heavy (non-hydrogen) atoms. The van der Waals surface area contributed by atoms with Gasteiger partial charge in [0.1, 0.15) is 12.4 Å². The summed E-state index contributed by atoms with van der Waals surface area (Å²) in [5.41, 5.74) is 1.17. The highest BCUT2D eigenvalue weighted by Gasteiger charge is 2.19. The van der Waals surface area contributed by atoms with Gasteiger partial charge in [-0.1, -0.05) is 12.1 Å². The van der Waals surface area contributed by atoms with Crippen molar-refractivity contribution < 1.29 is 9.53 Å². The molecule has 122 valence electrons. The molecule has 1 aliphatic rings. The lowest BCUT2D eigenvalue weighted by molar-refractivity contribution is -0.122. The van der Waals surface area contributed by atoms with Crippen molar-refractivity contribution in [1.82, 2.24) is 15.5 Å². The monoisotopic (exact) mass is 305 g/mol. The highest BCUT2D eigenvalue weighted by molar-refractivity contribution is 5.78. The van der Waals surface area contributed by atoms with Crippen molar-refractivity contribution in [3.63, 3.8) is 0 Å². The average Bonchev–Trinajstić information content (AvgIpc) is 2.52. The number of likely N-dealkylation sites (tertiary alicyclic amines) is 1. The van der Waals surface area contributed by atoms with Gasteiger partial charge in [0.15, 0.2) is 0 Å². The molecule has 1 aromatic rings. The predicted octanol–water partition coefficient (Wildman–Crippen LogP) is 1.17. The summed E-state index contributed by atoms with van der Waals surface area (Å²) >= 11 is 0. The standard InChI is InChI=1S/C17H27N3O2/c1-14-5-3-7-16(11-14)22-10-8-19-17(21)13-20-9-4-6-15(12-20)18-2/h3,5,7,11,15,18H,4,6,8-10,12-13H2,1-2H3,(H,19,21). The molecule has 1 atom stereocenters. The maximum atomic E-state index is 11.9. The van der Waals surface area contributed by atoms with Crippen LogP contribution in [0.3, 0.4) is 0 Å². The number of ether oxygens (including phenoxy) is 1. The molecule has 1 fully saturated rings. The molecule has 5 heteroatoms. The summed E-state index contributed by atoms with van der Waals surface area (Å²) in [7, 11) is 1.98. The zero-order valence-electron chi connectivity index (χ0n) is 13.6. The van der Waals surface area contributed by atoms with E-state index in [4.69, 9.17) is 4.74 Å². The van der Waals surface area contributed by atoms with E-state index in [2.05, 4.69) is 15.5 Å². The van der Waals surface area contributed by atoms with Crippen molar-refractivity contribution in [3.05, 3.63) is 29.8 Å². The van der Waals surface area contributed by atoms with Crippen molar-refractivity contribution in [2.45, 2.75) is 25.8 Å². The number of hydrogen-bond acceptors (Lipinski definition) is 4. The number of nitrogens with one attached hydrogen (secondary N) is 2. The number of aryl methyl sites for hydroxylation is 1. The number of carbonyl (C=O) groups is 1. The lowest BCUT2D eigenvalue weighted by atomic mass is 10.1. The first-order valence-electron chi connectivity index (χ1n) is 8.03. The van der Waals surface area contributed by atoms with E-state index >= 15 is 0 Å². The number of carbonyl (C=O) groups excluding carboxylic acids is 1. The Balaban J connectivity index is 1.61. The third-order valence-electron chi connectivity index (χ3n) is 3.96. The quantitative estimate of drug-likeness (QED) is 0.743. The van der Waals surface area contributed by atoms with Crippen LogP contribution in [0.4, 0.5) is 0 Å². The number of hydrogen-bond donors (Lipinski definition) is 2. The Labute approximate surface area is 133 Å². The molecule has 1 amide bonds. The van der Waals surface area contributed by atoms with Crippen molar-refractivity contribution in [2.75, 3.05) is 39.8 Å². The molecule has 1 aromatic carbocycles. The van der Waals surface area contributed by atoms with Gasteiger partial charge in [-0.2, -0.15) is 0 Å². The lowest BCUT2D eigenvalue weighted by Gasteiger charge is -2.31. The van der Waals surface area contributed by atoms with E-state index in [1.165, 1.54) is 12.0 Å². The van der Waals surface area contributed by atoms with Crippen molar-refractivity contribution >= 4 is 5.91 Å². The highest BCUT2D eigenvalue weighted by atomic mass is 16.5. The third kappa shape index (κ3) is 5.66. The van der Waals surface area contributed by atoms with Crippen LogP contribution in [0.1, 0.15) is 18.4 Å². The van der Waals surface area contributed by atoms with Gasteiger partial charge in [0.25, 0.3) is 0 Å². The summed E-state index contributed by atoms with van der Waals surface area (Å²) < 4.78 is 5.62. The Kier molecular flexibility index (Phi) is 6.68. The van der Waals surface area contributed by atoms with Gasteiger partial charge in [-0.3, -0.25) is 9.69 Å². The molecule has 2 N–H and O–H groups in total. The van der Waals surface area contributed by atoms with Gasteiger partial charge in [0.05, 0.1) is 13.1 Å². The molecule has 0 saturated carbocycles. The van der Waals surface area contributed by atoms with Gasteiger partial charge in [0.2, 0.25) is 5.91 Å². The number of likely N-dealkylation sites (N-methyl/N-ethyl adjacent to an activating group) is 1. The number of piperidine rings is 1. The van der Waals surface area contributed by atoms with Crippen LogP contribution >= 0.6 is 0 Å². The summed E-state index contributed by atoms with van der Waals surface area (Å²) in [6, 6.07) is 8.43. The van der Waals surface area contributed by atoms with E-state index in [0.29, 0.717) is 25.7 Å². The van der Waals surface area contributed by atoms with E-state index in [1.807, 2.05) is 38.2 Å². The normalized spacial score (nSPS) is 18.9. The summed E-state index contributed by atoms with van der Waals surface area (Å²) in [4.78, 5) is 14.2. The topological polar surface area (TPSA) is 53.6 Å². The zero-order valence-corrected chi connectivity index (χ0v) is 13.6. The Morgan fingerprint density at radius 1 is 1.45 bits per heavy atom. The second kappa shape index (κ2) is 8.76. The molecule has 0 radical (unpaired) electrons. The SMILES string of the molecule is CNC1CCCN(CC(=O)NCCOc2cccc(C)c2)C1. The van der Waals surface area contributed by atoms with Crippen LogP contribution in [-0.2, 0) is 4.79 Å². The van der Waals surface area contributed by atoms with E-state index in [9.17, 15) is 4.79 Å². The van der Waals surface area contributed by atoms with Crippen molar-refractivity contribution in [3.8, 4) is 5.75 Å². The van der Waals surface area contributed by atoms with E-state index in [1.54, 1.807) is 0 Å². The van der Waals surface area contributed by atoms with E-state index in [-0.39, 0.29) is 5.91 Å². The van der Waals surface area contributed by atoms with E-state index < -0.39 is 0 Å².